The zero-order valence-corrected chi connectivity index (χ0v) is 15.9. The average Bonchev–Trinajstić information content (AvgIpc) is 2.93. The largest absolute Gasteiger partial charge is 0.352 e. The molecule has 7 nitrogen and oxygen atoms in total. The van der Waals surface area contributed by atoms with Crippen molar-refractivity contribution < 1.29 is 14.4 Å². The highest BCUT2D eigenvalue weighted by molar-refractivity contribution is 7.14. The predicted molar refractivity (Wildman–Crippen MR) is 97.1 cm³/mol. The van der Waals surface area contributed by atoms with Gasteiger partial charge < -0.3 is 11.1 Å². The Hall–Kier alpha value is -2.09. The first-order valence-corrected chi connectivity index (χ1v) is 9.17. The van der Waals surface area contributed by atoms with E-state index in [2.05, 4.69) is 36.9 Å². The molecule has 0 bridgehead atoms. The van der Waals surface area contributed by atoms with Crippen LogP contribution in [-0.2, 0) is 17.6 Å². The summed E-state index contributed by atoms with van der Waals surface area (Å²) in [4.78, 5) is 36.6. The lowest BCUT2D eigenvalue weighted by Crippen LogP contribution is -2.51. The Morgan fingerprint density at radius 1 is 1.28 bits per heavy atom. The van der Waals surface area contributed by atoms with Crippen LogP contribution in [0.15, 0.2) is 6.07 Å². The van der Waals surface area contributed by atoms with Crippen LogP contribution in [0.5, 0.6) is 0 Å². The molecule has 0 aromatic carbocycles. The molecule has 25 heavy (non-hydrogen) atoms. The SMILES string of the molecule is C[C@@H](NC(N)=O)C(=O)NNC(=O)c1cc2c(s1)CC[C@@H](C(C)(C)C)C2. The van der Waals surface area contributed by atoms with E-state index in [0.29, 0.717) is 10.8 Å². The lowest BCUT2D eigenvalue weighted by atomic mass is 9.72. The zero-order valence-electron chi connectivity index (χ0n) is 15.1. The van der Waals surface area contributed by atoms with E-state index in [0.717, 1.165) is 19.3 Å². The molecule has 0 aliphatic heterocycles. The van der Waals surface area contributed by atoms with Crippen LogP contribution >= 0.6 is 11.3 Å². The van der Waals surface area contributed by atoms with Crippen molar-refractivity contribution in [3.63, 3.8) is 0 Å². The highest BCUT2D eigenvalue weighted by Gasteiger charge is 2.30. The molecule has 0 spiro atoms. The fraction of sp³-hybridized carbons (Fsp3) is 0.588. The van der Waals surface area contributed by atoms with Crippen molar-refractivity contribution in [2.45, 2.75) is 53.0 Å². The Morgan fingerprint density at radius 3 is 2.56 bits per heavy atom. The van der Waals surface area contributed by atoms with Gasteiger partial charge >= 0.3 is 6.03 Å². The number of thiophene rings is 1. The van der Waals surface area contributed by atoms with E-state index in [1.807, 2.05) is 6.07 Å². The molecule has 0 fully saturated rings. The second kappa shape index (κ2) is 7.43. The lowest BCUT2D eigenvalue weighted by Gasteiger charge is -2.33. The lowest BCUT2D eigenvalue weighted by molar-refractivity contribution is -0.123. The number of aryl methyl sites for hydroxylation is 1. The molecule has 5 N–H and O–H groups in total. The van der Waals surface area contributed by atoms with Gasteiger partial charge in [-0.05, 0) is 49.1 Å². The zero-order chi connectivity index (χ0) is 18.8. The minimum atomic E-state index is -0.832. The maximum Gasteiger partial charge on any atom is 0.312 e. The monoisotopic (exact) mass is 366 g/mol. The third kappa shape index (κ3) is 4.94. The van der Waals surface area contributed by atoms with Gasteiger partial charge in [0.25, 0.3) is 11.8 Å². The van der Waals surface area contributed by atoms with Gasteiger partial charge in [-0.2, -0.15) is 0 Å². The number of hydrogen-bond donors (Lipinski definition) is 4. The van der Waals surface area contributed by atoms with Gasteiger partial charge in [-0.25, -0.2) is 4.79 Å². The van der Waals surface area contributed by atoms with Gasteiger partial charge in [0.05, 0.1) is 4.88 Å². The molecule has 1 aromatic heterocycles. The molecule has 4 amide bonds. The first kappa shape index (κ1) is 19.2. The van der Waals surface area contributed by atoms with Gasteiger partial charge in [-0.3, -0.25) is 20.4 Å². The van der Waals surface area contributed by atoms with E-state index in [1.54, 1.807) is 0 Å². The molecule has 0 radical (unpaired) electrons. The summed E-state index contributed by atoms with van der Waals surface area (Å²) in [5.41, 5.74) is 11.1. The summed E-state index contributed by atoms with van der Waals surface area (Å²) in [5.74, 6) is -0.293. The molecule has 2 rings (SSSR count). The van der Waals surface area contributed by atoms with Gasteiger partial charge in [-0.15, -0.1) is 11.3 Å². The molecule has 0 saturated carbocycles. The number of rotatable bonds is 3. The second-order valence-electron chi connectivity index (χ2n) is 7.54. The molecule has 2 atom stereocenters. The maximum absolute atomic E-state index is 12.3. The molecular weight excluding hydrogens is 340 g/mol. The van der Waals surface area contributed by atoms with Crippen molar-refractivity contribution >= 4 is 29.2 Å². The molecular formula is C17H26N4O3S. The van der Waals surface area contributed by atoms with Crippen molar-refractivity contribution in [2.24, 2.45) is 17.1 Å². The topological polar surface area (TPSA) is 113 Å². The minimum Gasteiger partial charge on any atom is -0.352 e. The highest BCUT2D eigenvalue weighted by atomic mass is 32.1. The fourth-order valence-corrected chi connectivity index (χ4v) is 4.05. The summed E-state index contributed by atoms with van der Waals surface area (Å²) in [6.07, 6.45) is 3.10. The number of hydrazine groups is 1. The Balaban J connectivity index is 1.95. The molecule has 1 aromatic rings. The van der Waals surface area contributed by atoms with E-state index in [4.69, 9.17) is 5.73 Å². The Kier molecular flexibility index (Phi) is 5.72. The number of nitrogens with one attached hydrogen (secondary N) is 3. The van der Waals surface area contributed by atoms with Crippen molar-refractivity contribution in [3.8, 4) is 0 Å². The number of primary amides is 1. The Labute approximate surface area is 151 Å². The summed E-state index contributed by atoms with van der Waals surface area (Å²) < 4.78 is 0. The fourth-order valence-electron chi connectivity index (χ4n) is 2.94. The second-order valence-corrected chi connectivity index (χ2v) is 8.68. The number of amides is 4. The number of carbonyl (C=O) groups is 3. The van der Waals surface area contributed by atoms with E-state index >= 15 is 0 Å². The molecule has 1 heterocycles. The van der Waals surface area contributed by atoms with Gasteiger partial charge in [0.1, 0.15) is 6.04 Å². The van der Waals surface area contributed by atoms with Crippen LogP contribution in [0, 0.1) is 11.3 Å². The Bertz CT molecular complexity index is 678. The van der Waals surface area contributed by atoms with Crippen LogP contribution in [0.2, 0.25) is 0 Å². The van der Waals surface area contributed by atoms with Gasteiger partial charge in [0.2, 0.25) is 0 Å². The third-order valence-corrected chi connectivity index (χ3v) is 5.82. The van der Waals surface area contributed by atoms with Crippen molar-refractivity contribution in [1.82, 2.24) is 16.2 Å². The predicted octanol–water partition coefficient (Wildman–Crippen LogP) is 1.72. The van der Waals surface area contributed by atoms with Crippen molar-refractivity contribution in [2.75, 3.05) is 0 Å². The van der Waals surface area contributed by atoms with Crippen LogP contribution in [0.25, 0.3) is 0 Å². The summed E-state index contributed by atoms with van der Waals surface area (Å²) in [6.45, 7) is 8.22. The highest BCUT2D eigenvalue weighted by Crippen LogP contribution is 2.39. The normalized spacial score (nSPS) is 18.0. The molecule has 138 valence electrons. The van der Waals surface area contributed by atoms with Crippen molar-refractivity contribution in [3.05, 3.63) is 21.4 Å². The van der Waals surface area contributed by atoms with Crippen LogP contribution in [-0.4, -0.2) is 23.9 Å². The van der Waals surface area contributed by atoms with Crippen LogP contribution in [0.1, 0.15) is 54.2 Å². The van der Waals surface area contributed by atoms with Crippen LogP contribution < -0.4 is 21.9 Å². The van der Waals surface area contributed by atoms with Crippen molar-refractivity contribution in [1.29, 1.82) is 0 Å². The van der Waals surface area contributed by atoms with E-state index in [-0.39, 0.29) is 11.3 Å². The number of hydrogen-bond acceptors (Lipinski definition) is 4. The first-order valence-electron chi connectivity index (χ1n) is 8.35. The first-order chi connectivity index (χ1) is 11.6. The number of urea groups is 1. The Morgan fingerprint density at radius 2 is 1.96 bits per heavy atom. The van der Waals surface area contributed by atoms with E-state index < -0.39 is 18.0 Å². The van der Waals surface area contributed by atoms with E-state index in [9.17, 15) is 14.4 Å². The summed E-state index contributed by atoms with van der Waals surface area (Å²) in [7, 11) is 0. The molecule has 8 heteroatoms. The number of nitrogens with two attached hydrogens (primary N) is 1. The minimum absolute atomic E-state index is 0.250. The number of fused-ring (bicyclic) bond motifs is 1. The number of carbonyl (C=O) groups excluding carboxylic acids is 3. The molecule has 1 aliphatic carbocycles. The molecule has 1 aliphatic rings. The van der Waals surface area contributed by atoms with Crippen LogP contribution in [0.4, 0.5) is 4.79 Å². The quantitative estimate of drug-likeness (QED) is 0.611. The summed E-state index contributed by atoms with van der Waals surface area (Å²) >= 11 is 1.47. The molecule has 0 saturated heterocycles. The van der Waals surface area contributed by atoms with Gasteiger partial charge in [0, 0.05) is 4.88 Å². The van der Waals surface area contributed by atoms with Gasteiger partial charge in [0.15, 0.2) is 0 Å². The smallest absolute Gasteiger partial charge is 0.312 e. The van der Waals surface area contributed by atoms with E-state index in [1.165, 1.54) is 28.7 Å². The molecule has 0 unspecified atom stereocenters. The summed E-state index contributed by atoms with van der Waals surface area (Å²) in [6, 6.07) is 0.292. The standard InChI is InChI=1S/C17H26N4O3S/c1-9(19-16(18)24)14(22)20-21-15(23)13-8-10-7-11(17(2,3)4)5-6-12(10)25-13/h8-9,11H,5-7H2,1-4H3,(H,20,22)(H,21,23)(H3,18,19,24)/t9-,11-/m1/s1. The van der Waals surface area contributed by atoms with Crippen LogP contribution in [0.3, 0.4) is 0 Å². The third-order valence-electron chi connectivity index (χ3n) is 4.58. The summed E-state index contributed by atoms with van der Waals surface area (Å²) in [5, 5.41) is 2.24. The average molecular weight is 366 g/mol. The maximum atomic E-state index is 12.3. The van der Waals surface area contributed by atoms with Gasteiger partial charge in [-0.1, -0.05) is 20.8 Å².